The maximum atomic E-state index is 12.1. The molecule has 3 aliphatic heterocycles. The molecule has 4 nitrogen and oxygen atoms in total. The largest absolute Gasteiger partial charge is 0.460 e. The minimum atomic E-state index is -0.562. The minimum absolute atomic E-state index is 0.0480. The van der Waals surface area contributed by atoms with Crippen molar-refractivity contribution >= 4 is 5.97 Å². The maximum Gasteiger partial charge on any atom is 0.323 e. The van der Waals surface area contributed by atoms with Gasteiger partial charge in [-0.25, -0.2) is 0 Å². The lowest BCUT2D eigenvalue weighted by molar-refractivity contribution is -0.160. The molecule has 0 aromatic heterocycles. The lowest BCUT2D eigenvalue weighted by Crippen LogP contribution is -2.53. The molecule has 2 atom stereocenters. The van der Waals surface area contributed by atoms with E-state index in [2.05, 4.69) is 4.90 Å². The first-order chi connectivity index (χ1) is 9.72. The fourth-order valence-corrected chi connectivity index (χ4v) is 3.23. The van der Waals surface area contributed by atoms with Gasteiger partial charge in [0.15, 0.2) is 0 Å². The molecule has 108 valence electrons. The molecule has 20 heavy (non-hydrogen) atoms. The first-order valence-electron chi connectivity index (χ1n) is 7.45. The summed E-state index contributed by atoms with van der Waals surface area (Å²) in [5.41, 5.74) is 7.05. The van der Waals surface area contributed by atoms with Gasteiger partial charge >= 0.3 is 5.97 Å². The van der Waals surface area contributed by atoms with E-state index in [1.165, 1.54) is 0 Å². The summed E-state index contributed by atoms with van der Waals surface area (Å²) in [7, 11) is 0. The second-order valence-electron chi connectivity index (χ2n) is 5.91. The predicted octanol–water partition coefficient (Wildman–Crippen LogP) is 1.19. The quantitative estimate of drug-likeness (QED) is 0.838. The summed E-state index contributed by atoms with van der Waals surface area (Å²) in [5.74, 6) is 0.278. The molecule has 3 fully saturated rings. The highest BCUT2D eigenvalue weighted by Gasteiger charge is 2.37. The van der Waals surface area contributed by atoms with E-state index in [9.17, 15) is 4.79 Å². The highest BCUT2D eigenvalue weighted by atomic mass is 16.5. The number of carbonyl (C=O) groups excluding carboxylic acids is 1. The van der Waals surface area contributed by atoms with Crippen molar-refractivity contribution in [2.24, 2.45) is 11.7 Å². The van der Waals surface area contributed by atoms with E-state index in [0.717, 1.165) is 38.0 Å². The molecule has 2 bridgehead atoms. The summed E-state index contributed by atoms with van der Waals surface area (Å²) in [6.07, 6.45) is 2.88. The number of nitrogens with two attached hydrogens (primary N) is 1. The number of fused-ring (bicyclic) bond motifs is 3. The van der Waals surface area contributed by atoms with E-state index in [-0.39, 0.29) is 12.1 Å². The molecule has 1 aromatic carbocycles. The normalized spacial score (nSPS) is 29.9. The molecule has 0 amide bonds. The fourth-order valence-electron chi connectivity index (χ4n) is 3.23. The Morgan fingerprint density at radius 2 is 2.00 bits per heavy atom. The lowest BCUT2D eigenvalue weighted by atomic mass is 9.86. The van der Waals surface area contributed by atoms with Crippen molar-refractivity contribution in [3.63, 3.8) is 0 Å². The molecule has 0 spiro atoms. The van der Waals surface area contributed by atoms with Crippen LogP contribution in [0.15, 0.2) is 30.3 Å². The Labute approximate surface area is 119 Å². The predicted molar refractivity (Wildman–Crippen MR) is 77.2 cm³/mol. The lowest BCUT2D eigenvalue weighted by Gasteiger charge is -2.44. The van der Waals surface area contributed by atoms with Gasteiger partial charge in [0.2, 0.25) is 0 Å². The molecule has 3 heterocycles. The first-order valence-corrected chi connectivity index (χ1v) is 7.45. The summed E-state index contributed by atoms with van der Waals surface area (Å²) < 4.78 is 5.65. The van der Waals surface area contributed by atoms with Crippen molar-refractivity contribution < 1.29 is 9.53 Å². The number of rotatable bonds is 4. The number of esters is 1. The van der Waals surface area contributed by atoms with Crippen molar-refractivity contribution in [1.82, 2.24) is 4.90 Å². The van der Waals surface area contributed by atoms with Gasteiger partial charge in [-0.3, -0.25) is 9.69 Å². The van der Waals surface area contributed by atoms with Gasteiger partial charge in [-0.15, -0.1) is 0 Å². The number of hydrogen-bond donors (Lipinski definition) is 1. The smallest absolute Gasteiger partial charge is 0.323 e. The zero-order chi connectivity index (χ0) is 13.9. The van der Waals surface area contributed by atoms with Crippen molar-refractivity contribution in [1.29, 1.82) is 0 Å². The molecular weight excluding hydrogens is 252 g/mol. The van der Waals surface area contributed by atoms with Crippen molar-refractivity contribution in [2.75, 3.05) is 19.6 Å². The molecule has 3 aliphatic rings. The highest BCUT2D eigenvalue weighted by molar-refractivity contribution is 5.76. The van der Waals surface area contributed by atoms with Gasteiger partial charge in [-0.1, -0.05) is 30.3 Å². The molecule has 1 aromatic rings. The van der Waals surface area contributed by atoms with Crippen LogP contribution in [0.4, 0.5) is 0 Å². The number of benzene rings is 1. The Hall–Kier alpha value is -1.39. The number of piperidine rings is 3. The van der Waals surface area contributed by atoms with Crippen LogP contribution in [-0.2, 0) is 16.0 Å². The van der Waals surface area contributed by atoms with Crippen molar-refractivity contribution in [3.8, 4) is 0 Å². The van der Waals surface area contributed by atoms with E-state index in [1.54, 1.807) is 0 Å². The summed E-state index contributed by atoms with van der Waals surface area (Å²) in [6.45, 7) is 3.18. The van der Waals surface area contributed by atoms with Crippen LogP contribution < -0.4 is 5.73 Å². The van der Waals surface area contributed by atoms with Crippen LogP contribution in [0.25, 0.3) is 0 Å². The van der Waals surface area contributed by atoms with Crippen LogP contribution in [0.3, 0.4) is 0 Å². The molecule has 0 saturated carbocycles. The van der Waals surface area contributed by atoms with E-state index in [0.29, 0.717) is 12.3 Å². The third-order valence-corrected chi connectivity index (χ3v) is 4.46. The van der Waals surface area contributed by atoms with Crippen LogP contribution in [-0.4, -0.2) is 42.6 Å². The molecule has 0 radical (unpaired) electrons. The van der Waals surface area contributed by atoms with E-state index in [1.807, 2.05) is 30.3 Å². The SMILES string of the molecule is NC(Cc1ccccc1)C(=O)O[C@H]1CN2CCC1CC2. The molecular formula is C16H22N2O2. The van der Waals surface area contributed by atoms with Gasteiger partial charge in [-0.2, -0.15) is 0 Å². The van der Waals surface area contributed by atoms with Crippen LogP contribution in [0, 0.1) is 5.92 Å². The highest BCUT2D eigenvalue weighted by Crippen LogP contribution is 2.29. The van der Waals surface area contributed by atoms with Gasteiger partial charge in [-0.05, 0) is 43.8 Å². The summed E-state index contributed by atoms with van der Waals surface area (Å²) in [5, 5.41) is 0. The van der Waals surface area contributed by atoms with E-state index in [4.69, 9.17) is 10.5 Å². The van der Waals surface area contributed by atoms with Gasteiger partial charge in [0.1, 0.15) is 12.1 Å². The van der Waals surface area contributed by atoms with Gasteiger partial charge < -0.3 is 10.5 Å². The third-order valence-electron chi connectivity index (χ3n) is 4.46. The monoisotopic (exact) mass is 274 g/mol. The Bertz CT molecular complexity index is 455. The topological polar surface area (TPSA) is 55.6 Å². The van der Waals surface area contributed by atoms with Gasteiger partial charge in [0.25, 0.3) is 0 Å². The second kappa shape index (κ2) is 5.94. The van der Waals surface area contributed by atoms with E-state index < -0.39 is 6.04 Å². The van der Waals surface area contributed by atoms with Crippen LogP contribution in [0.1, 0.15) is 18.4 Å². The average Bonchev–Trinajstić information content (AvgIpc) is 2.49. The van der Waals surface area contributed by atoms with Gasteiger partial charge in [0, 0.05) is 6.54 Å². The zero-order valence-corrected chi connectivity index (χ0v) is 11.7. The summed E-state index contributed by atoms with van der Waals surface area (Å²) in [6, 6.07) is 9.29. The number of nitrogens with zero attached hydrogens (tertiary/aromatic N) is 1. The average molecular weight is 274 g/mol. The molecule has 2 N–H and O–H groups in total. The molecule has 3 saturated heterocycles. The fraction of sp³-hybridized carbons (Fsp3) is 0.562. The molecule has 0 aliphatic carbocycles. The van der Waals surface area contributed by atoms with Crippen LogP contribution >= 0.6 is 0 Å². The molecule has 4 heteroatoms. The summed E-state index contributed by atoms with van der Waals surface area (Å²) in [4.78, 5) is 14.5. The summed E-state index contributed by atoms with van der Waals surface area (Å²) >= 11 is 0. The van der Waals surface area contributed by atoms with Gasteiger partial charge in [0.05, 0.1) is 0 Å². The third kappa shape index (κ3) is 3.02. The Kier molecular flexibility index (Phi) is 4.03. The Balaban J connectivity index is 1.54. The maximum absolute atomic E-state index is 12.1. The molecule has 4 rings (SSSR count). The molecule has 1 unspecified atom stereocenters. The first kappa shape index (κ1) is 13.6. The zero-order valence-electron chi connectivity index (χ0n) is 11.7. The standard InChI is InChI=1S/C16H22N2O2/c17-14(10-12-4-2-1-3-5-12)16(19)20-15-11-18-8-6-13(15)7-9-18/h1-5,13-15H,6-11,17H2/t14?,15-/m0/s1. The minimum Gasteiger partial charge on any atom is -0.460 e. The van der Waals surface area contributed by atoms with E-state index >= 15 is 0 Å². The van der Waals surface area contributed by atoms with Crippen molar-refractivity contribution in [3.05, 3.63) is 35.9 Å². The second-order valence-corrected chi connectivity index (χ2v) is 5.91. The van der Waals surface area contributed by atoms with Crippen molar-refractivity contribution in [2.45, 2.75) is 31.4 Å². The van der Waals surface area contributed by atoms with Crippen LogP contribution in [0.2, 0.25) is 0 Å². The number of hydrogen-bond acceptors (Lipinski definition) is 4. The Morgan fingerprint density at radius 1 is 1.30 bits per heavy atom. The number of carbonyl (C=O) groups is 1. The Morgan fingerprint density at radius 3 is 2.60 bits per heavy atom. The van der Waals surface area contributed by atoms with Crippen LogP contribution in [0.5, 0.6) is 0 Å². The number of ether oxygens (including phenoxy) is 1.